The van der Waals surface area contributed by atoms with Crippen molar-refractivity contribution in [3.63, 3.8) is 0 Å². The van der Waals surface area contributed by atoms with Crippen LogP contribution < -0.4 is 0 Å². The van der Waals surface area contributed by atoms with E-state index in [1.54, 1.807) is 24.3 Å². The molecule has 1 heteroatoms. The van der Waals surface area contributed by atoms with Crippen molar-refractivity contribution >= 4 is 0 Å². The zero-order valence-electron chi connectivity index (χ0n) is 10.5. The summed E-state index contributed by atoms with van der Waals surface area (Å²) in [5.74, 6) is 0. The molecule has 0 aliphatic rings. The van der Waals surface area contributed by atoms with Crippen LogP contribution >= 0.6 is 0 Å². The highest BCUT2D eigenvalue weighted by Crippen LogP contribution is 1.99. The average Bonchev–Trinajstić information content (AvgIpc) is 2.15. The Balaban J connectivity index is 2.58. The zero-order chi connectivity index (χ0) is 11.5. The van der Waals surface area contributed by atoms with E-state index in [2.05, 4.69) is 0 Å². The Morgan fingerprint density at radius 1 is 1.50 bits per heavy atom. The van der Waals surface area contributed by atoms with Crippen LogP contribution in [-0.2, 0) is 11.3 Å². The predicted molar refractivity (Wildman–Crippen MR) is 41.8 cm³/mol. The molecule has 1 aromatic rings. The Bertz CT molecular complexity index is 306. The molecule has 0 atom stereocenters. The van der Waals surface area contributed by atoms with E-state index in [1.807, 2.05) is 6.07 Å². The summed E-state index contributed by atoms with van der Waals surface area (Å²) in [5, 5.41) is 0. The molecule has 0 aliphatic heterocycles. The van der Waals surface area contributed by atoms with Gasteiger partial charge >= 0.3 is 0 Å². The van der Waals surface area contributed by atoms with Crippen LogP contribution in [0.5, 0.6) is 0 Å². The second kappa shape index (κ2) is 4.07. The van der Waals surface area contributed by atoms with Crippen LogP contribution in [0.4, 0.5) is 0 Å². The molecule has 1 rings (SSSR count). The Hall–Kier alpha value is -0.820. The van der Waals surface area contributed by atoms with Gasteiger partial charge < -0.3 is 4.74 Å². The number of ether oxygens (including phenoxy) is 1. The summed E-state index contributed by atoms with van der Waals surface area (Å²) in [6.45, 7) is -5.42. The van der Waals surface area contributed by atoms with Crippen molar-refractivity contribution in [2.75, 3.05) is 6.56 Å². The first kappa shape index (κ1) is 3.05. The predicted octanol–water partition coefficient (Wildman–Crippen LogP) is 2.22. The van der Waals surface area contributed by atoms with Gasteiger partial charge in [0.2, 0.25) is 0 Å². The Morgan fingerprint density at radius 2 is 2.30 bits per heavy atom. The van der Waals surface area contributed by atoms with Crippen LogP contribution in [0.3, 0.4) is 0 Å². The van der Waals surface area contributed by atoms with Crippen molar-refractivity contribution in [1.29, 1.82) is 0 Å². The lowest BCUT2D eigenvalue weighted by molar-refractivity contribution is 0.134. The van der Waals surface area contributed by atoms with E-state index in [0.717, 1.165) is 5.56 Å². The third-order valence-electron chi connectivity index (χ3n) is 1.15. The number of rotatable bonds is 3. The summed E-state index contributed by atoms with van der Waals surface area (Å²) < 4.78 is 40.0. The Kier molecular flexibility index (Phi) is 1.24. The number of hydrogen-bond donors (Lipinski definition) is 0. The third kappa shape index (κ3) is 2.19. The summed E-state index contributed by atoms with van der Waals surface area (Å²) in [5.41, 5.74) is 0.741. The maximum Gasteiger partial charge on any atom is 0.0716 e. The minimum Gasteiger partial charge on any atom is -0.377 e. The number of benzene rings is 1. The summed E-state index contributed by atoms with van der Waals surface area (Å²) in [6, 6.07) is 8.88. The largest absolute Gasteiger partial charge is 0.377 e. The van der Waals surface area contributed by atoms with Gasteiger partial charge in [-0.15, -0.1) is 0 Å². The molecule has 54 valence electrons. The van der Waals surface area contributed by atoms with Crippen LogP contribution in [0, 0.1) is 0 Å². The molecule has 0 aromatic heterocycles. The molecule has 1 aromatic carbocycles. The average molecular weight is 141 g/mol. The topological polar surface area (TPSA) is 9.23 Å². The fraction of sp³-hybridized carbons (Fsp3) is 0.333. The van der Waals surface area contributed by atoms with E-state index in [9.17, 15) is 0 Å². The van der Waals surface area contributed by atoms with Gasteiger partial charge in [0.15, 0.2) is 0 Å². The first-order valence-corrected chi connectivity index (χ1v) is 3.01. The van der Waals surface area contributed by atoms with E-state index in [0.29, 0.717) is 0 Å². The molecule has 1 nitrogen and oxygen atoms in total. The van der Waals surface area contributed by atoms with Gasteiger partial charge in [0.05, 0.1) is 9.35 Å². The molecule has 0 saturated heterocycles. The number of hydrogen-bond acceptors (Lipinski definition) is 1. The molecule has 0 radical (unpaired) electrons. The van der Waals surface area contributed by atoms with Crippen molar-refractivity contribution in [2.45, 2.75) is 13.5 Å². The molecule has 0 saturated carbocycles. The minimum atomic E-state index is -2.76. The van der Waals surface area contributed by atoms with E-state index in [-0.39, 0.29) is 6.61 Å². The first-order chi connectivity index (χ1) is 6.83. The first-order valence-electron chi connectivity index (χ1n) is 5.51. The minimum absolute atomic E-state index is 0.0494. The molecule has 0 amide bonds. The maximum absolute atomic E-state index is 7.21. The molecule has 0 aliphatic carbocycles. The fourth-order valence-electron chi connectivity index (χ4n) is 0.694. The van der Waals surface area contributed by atoms with Crippen LogP contribution in [0.25, 0.3) is 0 Å². The molecule has 0 fully saturated rings. The quantitative estimate of drug-likeness (QED) is 0.627. The summed E-state index contributed by atoms with van der Waals surface area (Å²) >= 11 is 0. The van der Waals surface area contributed by atoms with Crippen LogP contribution in [-0.4, -0.2) is 6.56 Å². The standard InChI is InChI=1S/C9H12O/c1-2-10-8-9-6-4-3-5-7-9/h3-7H,2,8H2,1H3/i1D3,2D2. The van der Waals surface area contributed by atoms with Gasteiger partial charge in [-0.25, -0.2) is 0 Å². The SMILES string of the molecule is [2H]C([2H])([2H])C([2H])([2H])OCc1ccccc1. The second-order valence-corrected chi connectivity index (χ2v) is 1.88. The molecule has 10 heavy (non-hydrogen) atoms. The van der Waals surface area contributed by atoms with Crippen LogP contribution in [0.15, 0.2) is 30.3 Å². The Labute approximate surface area is 68.7 Å². The Morgan fingerprint density at radius 3 is 3.00 bits per heavy atom. The van der Waals surface area contributed by atoms with E-state index in [1.165, 1.54) is 0 Å². The summed E-state index contributed by atoms with van der Waals surface area (Å²) in [4.78, 5) is 0. The molecule has 0 heterocycles. The maximum atomic E-state index is 7.21. The van der Waals surface area contributed by atoms with Crippen LogP contribution in [0.2, 0.25) is 0 Å². The van der Waals surface area contributed by atoms with Gasteiger partial charge in [0.25, 0.3) is 0 Å². The lowest BCUT2D eigenvalue weighted by Crippen LogP contribution is -1.90. The normalized spacial score (nSPS) is 19.8. The van der Waals surface area contributed by atoms with Gasteiger partial charge in [0.1, 0.15) is 0 Å². The van der Waals surface area contributed by atoms with Crippen molar-refractivity contribution in [3.8, 4) is 0 Å². The van der Waals surface area contributed by atoms with Gasteiger partial charge in [-0.1, -0.05) is 30.3 Å². The van der Waals surface area contributed by atoms with Gasteiger partial charge in [0, 0.05) is 10.7 Å². The lowest BCUT2D eigenvalue weighted by Gasteiger charge is -1.98. The monoisotopic (exact) mass is 141 g/mol. The van der Waals surface area contributed by atoms with E-state index >= 15 is 0 Å². The van der Waals surface area contributed by atoms with E-state index < -0.39 is 13.4 Å². The van der Waals surface area contributed by atoms with Gasteiger partial charge in [-0.05, 0) is 12.4 Å². The highest BCUT2D eigenvalue weighted by molar-refractivity contribution is 5.13. The highest BCUT2D eigenvalue weighted by Gasteiger charge is 1.86. The molecule has 0 N–H and O–H groups in total. The summed E-state index contributed by atoms with van der Waals surface area (Å²) in [7, 11) is 0. The molecule has 0 unspecified atom stereocenters. The third-order valence-corrected chi connectivity index (χ3v) is 1.15. The van der Waals surface area contributed by atoms with E-state index in [4.69, 9.17) is 11.6 Å². The smallest absolute Gasteiger partial charge is 0.0716 e. The molecule has 0 bridgehead atoms. The van der Waals surface area contributed by atoms with Gasteiger partial charge in [-0.2, -0.15) is 0 Å². The zero-order valence-corrected chi connectivity index (χ0v) is 5.50. The van der Waals surface area contributed by atoms with Gasteiger partial charge in [-0.3, -0.25) is 0 Å². The van der Waals surface area contributed by atoms with Crippen molar-refractivity contribution in [3.05, 3.63) is 35.9 Å². The van der Waals surface area contributed by atoms with Crippen molar-refractivity contribution in [2.24, 2.45) is 0 Å². The van der Waals surface area contributed by atoms with Crippen LogP contribution in [0.1, 0.15) is 19.3 Å². The molecular weight excluding hydrogens is 124 g/mol. The lowest BCUT2D eigenvalue weighted by atomic mass is 10.2. The molecule has 0 spiro atoms. The van der Waals surface area contributed by atoms with Crippen molar-refractivity contribution in [1.82, 2.24) is 0 Å². The summed E-state index contributed by atoms with van der Waals surface area (Å²) in [6.07, 6.45) is 0. The fourth-order valence-corrected chi connectivity index (χ4v) is 0.694. The second-order valence-electron chi connectivity index (χ2n) is 1.88. The molecular formula is C9H12O. The van der Waals surface area contributed by atoms with Crippen molar-refractivity contribution < 1.29 is 11.6 Å². The highest BCUT2D eigenvalue weighted by atomic mass is 16.5.